The fourth-order valence-electron chi connectivity index (χ4n) is 2.33. The molecule has 3 rings (SSSR count). The molecule has 13 heteroatoms. The van der Waals surface area contributed by atoms with Crippen LogP contribution in [0.15, 0.2) is 57.8 Å². The first kappa shape index (κ1) is 22.9. The summed E-state index contributed by atoms with van der Waals surface area (Å²) in [5, 5.41) is 13.9. The Labute approximate surface area is 190 Å². The Bertz CT molecular complexity index is 1250. The van der Waals surface area contributed by atoms with Crippen molar-refractivity contribution in [3.05, 3.63) is 68.8 Å². The summed E-state index contributed by atoms with van der Waals surface area (Å²) in [6.07, 6.45) is 0.135. The van der Waals surface area contributed by atoms with Crippen LogP contribution in [0.4, 0.5) is 10.8 Å². The van der Waals surface area contributed by atoms with Crippen LogP contribution in [-0.2, 0) is 14.6 Å². The number of non-ortho nitro benzene ring substituents is 1. The average molecular weight is 502 g/mol. The second kappa shape index (κ2) is 9.18. The van der Waals surface area contributed by atoms with Crippen LogP contribution < -0.4 is 10.1 Å². The van der Waals surface area contributed by atoms with E-state index in [0.29, 0.717) is 5.02 Å². The Kier molecular flexibility index (Phi) is 6.80. The van der Waals surface area contributed by atoms with Crippen LogP contribution in [0.1, 0.15) is 6.92 Å². The Balaban J connectivity index is 1.71. The number of halogens is 2. The molecule has 0 aliphatic carbocycles. The van der Waals surface area contributed by atoms with Gasteiger partial charge in [-0.2, -0.15) is 0 Å². The Hall–Kier alpha value is -2.73. The number of nitro groups is 1. The van der Waals surface area contributed by atoms with Crippen molar-refractivity contribution in [1.29, 1.82) is 0 Å². The lowest BCUT2D eigenvalue weighted by molar-refractivity contribution is -0.384. The molecule has 1 amide bonds. The zero-order valence-corrected chi connectivity index (χ0v) is 18.8. The number of nitro benzene ring substituents is 1. The number of hydrogen-bond acceptors (Lipinski definition) is 8. The molecule has 0 aliphatic rings. The molecule has 162 valence electrons. The lowest BCUT2D eigenvalue weighted by Gasteiger charge is -2.14. The molecule has 31 heavy (non-hydrogen) atoms. The first-order valence-electron chi connectivity index (χ1n) is 8.46. The molecule has 0 spiro atoms. The Morgan fingerprint density at radius 3 is 2.52 bits per heavy atom. The van der Waals surface area contributed by atoms with E-state index in [4.69, 9.17) is 27.9 Å². The van der Waals surface area contributed by atoms with Crippen molar-refractivity contribution in [3.8, 4) is 5.75 Å². The second-order valence-corrected chi connectivity index (χ2v) is 10.1. The fourth-order valence-corrected chi connectivity index (χ4v) is 5.21. The van der Waals surface area contributed by atoms with Gasteiger partial charge in [-0.3, -0.25) is 20.2 Å². The molecule has 0 fully saturated rings. The minimum absolute atomic E-state index is 0.0446. The van der Waals surface area contributed by atoms with Crippen LogP contribution in [0.5, 0.6) is 5.75 Å². The maximum absolute atomic E-state index is 12.7. The zero-order chi connectivity index (χ0) is 22.8. The number of amides is 1. The summed E-state index contributed by atoms with van der Waals surface area (Å²) in [6, 6.07) is 9.01. The fraction of sp³-hybridized carbons (Fsp3) is 0.111. The molecule has 1 N–H and O–H groups in total. The van der Waals surface area contributed by atoms with E-state index in [0.717, 1.165) is 41.8 Å². The van der Waals surface area contributed by atoms with E-state index in [1.165, 1.54) is 19.1 Å². The van der Waals surface area contributed by atoms with Gasteiger partial charge in [-0.1, -0.05) is 34.5 Å². The van der Waals surface area contributed by atoms with Crippen molar-refractivity contribution in [2.75, 3.05) is 5.32 Å². The number of rotatable bonds is 7. The van der Waals surface area contributed by atoms with E-state index < -0.39 is 26.8 Å². The van der Waals surface area contributed by atoms with Gasteiger partial charge in [-0.25, -0.2) is 13.4 Å². The summed E-state index contributed by atoms with van der Waals surface area (Å²) in [7, 11) is -3.95. The molecule has 0 radical (unpaired) electrons. The second-order valence-electron chi connectivity index (χ2n) is 6.06. The SMILES string of the molecule is CC(Oc1ccc(Cl)cc1Cl)C(=O)Nc1ncc(S(=O)(=O)c2ccc([N+](=O)[O-])cc2)s1. The summed E-state index contributed by atoms with van der Waals surface area (Å²) < 4.78 is 30.8. The van der Waals surface area contributed by atoms with Gasteiger partial charge in [0.15, 0.2) is 11.2 Å². The van der Waals surface area contributed by atoms with Gasteiger partial charge in [-0.05, 0) is 37.3 Å². The van der Waals surface area contributed by atoms with Crippen LogP contribution in [0, 0.1) is 10.1 Å². The number of carbonyl (C=O) groups is 1. The highest BCUT2D eigenvalue weighted by Gasteiger charge is 2.24. The molecule has 0 saturated carbocycles. The molecule has 2 aromatic carbocycles. The summed E-state index contributed by atoms with van der Waals surface area (Å²) in [5.41, 5.74) is -0.231. The van der Waals surface area contributed by atoms with Gasteiger partial charge < -0.3 is 4.74 Å². The smallest absolute Gasteiger partial charge is 0.269 e. The molecule has 1 aromatic heterocycles. The van der Waals surface area contributed by atoms with Gasteiger partial charge in [0.25, 0.3) is 11.6 Å². The number of hydrogen-bond donors (Lipinski definition) is 1. The van der Waals surface area contributed by atoms with Crippen LogP contribution in [0.3, 0.4) is 0 Å². The minimum Gasteiger partial charge on any atom is -0.479 e. The molecule has 3 aromatic rings. The van der Waals surface area contributed by atoms with Gasteiger partial charge in [0, 0.05) is 17.2 Å². The summed E-state index contributed by atoms with van der Waals surface area (Å²) >= 11 is 12.6. The number of nitrogens with one attached hydrogen (secondary N) is 1. The number of ether oxygens (including phenoxy) is 1. The third kappa shape index (κ3) is 5.31. The van der Waals surface area contributed by atoms with E-state index in [1.54, 1.807) is 6.07 Å². The van der Waals surface area contributed by atoms with E-state index in [9.17, 15) is 23.3 Å². The Morgan fingerprint density at radius 1 is 1.23 bits per heavy atom. The number of benzene rings is 2. The van der Waals surface area contributed by atoms with E-state index >= 15 is 0 Å². The average Bonchev–Trinajstić information content (AvgIpc) is 3.19. The van der Waals surface area contributed by atoms with Crippen molar-refractivity contribution in [2.24, 2.45) is 0 Å². The molecule has 0 saturated heterocycles. The number of sulfone groups is 1. The van der Waals surface area contributed by atoms with Gasteiger partial charge in [-0.15, -0.1) is 0 Å². The summed E-state index contributed by atoms with van der Waals surface area (Å²) in [6.45, 7) is 1.49. The van der Waals surface area contributed by atoms with Crippen molar-refractivity contribution < 1.29 is 22.9 Å². The highest BCUT2D eigenvalue weighted by Crippen LogP contribution is 2.31. The number of nitrogens with zero attached hydrogens (tertiary/aromatic N) is 2. The minimum atomic E-state index is -3.95. The lowest BCUT2D eigenvalue weighted by atomic mass is 10.3. The zero-order valence-electron chi connectivity index (χ0n) is 15.6. The third-order valence-electron chi connectivity index (χ3n) is 3.90. The van der Waals surface area contributed by atoms with Crippen LogP contribution in [-0.4, -0.2) is 30.3 Å². The molecule has 1 atom stereocenters. The van der Waals surface area contributed by atoms with Gasteiger partial charge in [0.2, 0.25) is 9.84 Å². The van der Waals surface area contributed by atoms with Gasteiger partial charge >= 0.3 is 0 Å². The monoisotopic (exact) mass is 501 g/mol. The predicted octanol–water partition coefficient (Wildman–Crippen LogP) is 4.60. The molecule has 1 unspecified atom stereocenters. The first-order valence-corrected chi connectivity index (χ1v) is 11.5. The van der Waals surface area contributed by atoms with Crippen molar-refractivity contribution in [1.82, 2.24) is 4.98 Å². The molecule has 9 nitrogen and oxygen atoms in total. The molecule has 0 bridgehead atoms. The van der Waals surface area contributed by atoms with Crippen molar-refractivity contribution in [2.45, 2.75) is 22.1 Å². The number of thiazole rings is 1. The molecular weight excluding hydrogens is 489 g/mol. The van der Waals surface area contributed by atoms with Crippen molar-refractivity contribution in [3.63, 3.8) is 0 Å². The maximum Gasteiger partial charge on any atom is 0.269 e. The summed E-state index contributed by atoms with van der Waals surface area (Å²) in [4.78, 5) is 26.3. The van der Waals surface area contributed by atoms with Crippen molar-refractivity contribution >= 4 is 61.1 Å². The van der Waals surface area contributed by atoms with E-state index in [2.05, 4.69) is 10.3 Å². The number of anilines is 1. The molecule has 1 heterocycles. The van der Waals surface area contributed by atoms with Crippen LogP contribution in [0.2, 0.25) is 10.0 Å². The summed E-state index contributed by atoms with van der Waals surface area (Å²) in [5.74, 6) is -0.311. The van der Waals surface area contributed by atoms with E-state index in [1.807, 2.05) is 0 Å². The highest BCUT2D eigenvalue weighted by atomic mass is 35.5. The van der Waals surface area contributed by atoms with Crippen LogP contribution >= 0.6 is 34.5 Å². The Morgan fingerprint density at radius 2 is 1.90 bits per heavy atom. The molecular formula is C18H13Cl2N3O6S2. The standard InChI is InChI=1S/C18H13Cl2N3O6S2/c1-10(29-15-7-2-11(19)8-14(15)20)17(24)22-18-21-9-16(30-18)31(27,28)13-5-3-12(4-6-13)23(25)26/h2-10H,1H3,(H,21,22,24). The largest absolute Gasteiger partial charge is 0.479 e. The van der Waals surface area contributed by atoms with Gasteiger partial charge in [0.1, 0.15) is 9.96 Å². The van der Waals surface area contributed by atoms with E-state index in [-0.39, 0.29) is 30.7 Å². The number of aromatic nitrogens is 1. The van der Waals surface area contributed by atoms with Crippen LogP contribution in [0.25, 0.3) is 0 Å². The van der Waals surface area contributed by atoms with Gasteiger partial charge in [0.05, 0.1) is 21.0 Å². The quantitative estimate of drug-likeness (QED) is 0.369. The third-order valence-corrected chi connectivity index (χ3v) is 7.58. The highest BCUT2D eigenvalue weighted by molar-refractivity contribution is 7.93. The number of carbonyl (C=O) groups excluding carboxylic acids is 1. The maximum atomic E-state index is 12.7. The molecule has 0 aliphatic heterocycles. The lowest BCUT2D eigenvalue weighted by Crippen LogP contribution is -2.30. The topological polar surface area (TPSA) is 128 Å². The normalized spacial score (nSPS) is 12.2. The predicted molar refractivity (Wildman–Crippen MR) is 116 cm³/mol. The first-order chi connectivity index (χ1) is 14.6.